The summed E-state index contributed by atoms with van der Waals surface area (Å²) in [7, 11) is 0. The summed E-state index contributed by atoms with van der Waals surface area (Å²) in [6.07, 6.45) is 1.74. The number of anilines is 2. The van der Waals surface area contributed by atoms with Crippen LogP contribution < -0.4 is 25.2 Å². The highest BCUT2D eigenvalue weighted by molar-refractivity contribution is 7.13. The average Bonchev–Trinajstić information content (AvgIpc) is 4.24. The molecule has 6 heterocycles. The van der Waals surface area contributed by atoms with Crippen molar-refractivity contribution in [3.8, 4) is 22.5 Å². The number of fused-ring (bicyclic) bond motifs is 2. The van der Waals surface area contributed by atoms with Crippen LogP contribution in [0.4, 0.5) is 15.9 Å². The van der Waals surface area contributed by atoms with E-state index in [0.717, 1.165) is 68.8 Å². The van der Waals surface area contributed by atoms with E-state index < -0.39 is 47.3 Å². The predicted molar refractivity (Wildman–Crippen MR) is 312 cm³/mol. The van der Waals surface area contributed by atoms with Gasteiger partial charge in [-0.2, -0.15) is 15.2 Å². The van der Waals surface area contributed by atoms with Gasteiger partial charge in [-0.25, -0.2) is 9.37 Å². The van der Waals surface area contributed by atoms with E-state index in [0.29, 0.717) is 63.3 Å². The van der Waals surface area contributed by atoms with Crippen molar-refractivity contribution < 1.29 is 42.9 Å². The molecule has 436 valence electrons. The highest BCUT2D eigenvalue weighted by atomic mass is 35.5. The van der Waals surface area contributed by atoms with E-state index in [2.05, 4.69) is 49.0 Å². The third-order valence-electron chi connectivity index (χ3n) is 15.8. The van der Waals surface area contributed by atoms with Gasteiger partial charge < -0.3 is 49.6 Å². The zero-order chi connectivity index (χ0) is 58.1. The first kappa shape index (κ1) is 59.8. The van der Waals surface area contributed by atoms with Crippen LogP contribution in [0.5, 0.6) is 6.01 Å². The third kappa shape index (κ3) is 14.3. The second kappa shape index (κ2) is 27.1. The maximum atomic E-state index is 14.1. The minimum absolute atomic E-state index is 0.00624. The standard InChI is InChI=1S/C60H73ClFN11O8S/c1-38(62)57(77)72-25-24-71(33-43(72)18-21-63)55-46-19-23-70(49-13-7-10-41-9-6-12-47(61)52(41)49)35-48(46)66-59(68-55)81-36-44-11-8-22-69(44)26-28-80-30-29-79-27-20-51(75)67-54(60(3,4)5)58(78)73-34-45(74)31-50(73)56(76)64-32-40-14-16-42(17-15-40)53-39(2)65-37-82-53/h6-7,9-10,12-17,37,43-45,50,54,74H,1,8,11,18-20,22-36H2,2-5H3,(H,64,76)(H,67,75). The fraction of sp³-hybridized carbons (Fsp3) is 0.500. The van der Waals surface area contributed by atoms with Crippen LogP contribution in [0.3, 0.4) is 0 Å². The second-order valence-corrected chi connectivity index (χ2v) is 23.7. The lowest BCUT2D eigenvalue weighted by Gasteiger charge is -2.42. The topological polar surface area (TPSA) is 219 Å². The Morgan fingerprint density at radius 2 is 1.72 bits per heavy atom. The Kier molecular flexibility index (Phi) is 19.7. The zero-order valence-electron chi connectivity index (χ0n) is 47.1. The number of hydrogen-bond acceptors (Lipinski definition) is 16. The zero-order valence-corrected chi connectivity index (χ0v) is 48.7. The van der Waals surface area contributed by atoms with E-state index >= 15 is 0 Å². The van der Waals surface area contributed by atoms with Gasteiger partial charge in [0, 0.05) is 81.3 Å². The van der Waals surface area contributed by atoms with Crippen molar-refractivity contribution in [3.63, 3.8) is 0 Å². The highest BCUT2D eigenvalue weighted by Gasteiger charge is 2.45. The van der Waals surface area contributed by atoms with Crippen LogP contribution in [-0.4, -0.2) is 168 Å². The van der Waals surface area contributed by atoms with Crippen molar-refractivity contribution in [2.24, 2.45) is 5.41 Å². The molecule has 5 atom stereocenters. The first-order chi connectivity index (χ1) is 39.5. The molecule has 0 radical (unpaired) electrons. The van der Waals surface area contributed by atoms with Crippen LogP contribution in [0.15, 0.2) is 78.6 Å². The molecule has 0 bridgehead atoms. The smallest absolute Gasteiger partial charge is 0.318 e. The van der Waals surface area contributed by atoms with E-state index in [-0.39, 0.29) is 82.5 Å². The number of aryl methyl sites for hydroxylation is 1. The van der Waals surface area contributed by atoms with E-state index in [1.165, 1.54) is 9.80 Å². The monoisotopic (exact) mass is 1160 g/mol. The van der Waals surface area contributed by atoms with Gasteiger partial charge in [0.25, 0.3) is 5.91 Å². The molecule has 2 aromatic heterocycles. The quantitative estimate of drug-likeness (QED) is 0.0481. The van der Waals surface area contributed by atoms with Gasteiger partial charge in [-0.3, -0.25) is 24.1 Å². The Morgan fingerprint density at radius 1 is 0.951 bits per heavy atom. The first-order valence-electron chi connectivity index (χ1n) is 28.1. The molecule has 5 unspecified atom stereocenters. The molecule has 0 saturated carbocycles. The van der Waals surface area contributed by atoms with Gasteiger partial charge in [0.2, 0.25) is 17.7 Å². The average molecular weight is 1160 g/mol. The van der Waals surface area contributed by atoms with Crippen molar-refractivity contribution in [2.45, 2.75) is 110 Å². The number of thiazole rings is 1. The van der Waals surface area contributed by atoms with Crippen molar-refractivity contribution in [2.75, 3.05) is 88.6 Å². The molecule has 9 rings (SSSR count). The summed E-state index contributed by atoms with van der Waals surface area (Å²) < 4.78 is 32.4. The number of halogens is 2. The summed E-state index contributed by atoms with van der Waals surface area (Å²) in [4.78, 5) is 78.6. The number of benzene rings is 3. The van der Waals surface area contributed by atoms with E-state index in [9.17, 15) is 33.9 Å². The number of rotatable bonds is 22. The molecule has 82 heavy (non-hydrogen) atoms. The number of aliphatic hydroxyl groups excluding tert-OH is 1. The minimum atomic E-state index is -1.06. The van der Waals surface area contributed by atoms with Crippen LogP contribution >= 0.6 is 22.9 Å². The van der Waals surface area contributed by atoms with Crippen LogP contribution in [0, 0.1) is 23.7 Å². The summed E-state index contributed by atoms with van der Waals surface area (Å²) >= 11 is 8.36. The number of nitriles is 1. The van der Waals surface area contributed by atoms with Crippen LogP contribution in [-0.2, 0) is 48.2 Å². The molecular formula is C60H73ClFN11O8S. The molecule has 3 N–H and O–H groups in total. The van der Waals surface area contributed by atoms with Crippen LogP contribution in [0.1, 0.15) is 75.4 Å². The Balaban J connectivity index is 0.739. The normalized spacial score (nSPS) is 19.7. The fourth-order valence-corrected chi connectivity index (χ4v) is 12.5. The molecule has 4 aliphatic rings. The fourth-order valence-electron chi connectivity index (χ4n) is 11.4. The summed E-state index contributed by atoms with van der Waals surface area (Å²) in [6.45, 7) is 15.9. The number of hydrogen-bond donors (Lipinski definition) is 3. The van der Waals surface area contributed by atoms with Gasteiger partial charge in [-0.05, 0) is 66.8 Å². The summed E-state index contributed by atoms with van der Waals surface area (Å²) in [5, 5.41) is 28.9. The van der Waals surface area contributed by atoms with Crippen LogP contribution in [0.25, 0.3) is 21.2 Å². The second-order valence-electron chi connectivity index (χ2n) is 22.5. The molecule has 22 heteroatoms. The summed E-state index contributed by atoms with van der Waals surface area (Å²) in [5.74, 6) is -2.37. The maximum Gasteiger partial charge on any atom is 0.318 e. The van der Waals surface area contributed by atoms with E-state index in [1.54, 1.807) is 11.3 Å². The molecule has 19 nitrogen and oxygen atoms in total. The molecule has 0 aliphatic carbocycles. The predicted octanol–water partition coefficient (Wildman–Crippen LogP) is 6.77. The number of ether oxygens (including phenoxy) is 3. The Bertz CT molecular complexity index is 3150. The third-order valence-corrected chi connectivity index (χ3v) is 17.1. The van der Waals surface area contributed by atoms with Crippen molar-refractivity contribution in [3.05, 3.63) is 106 Å². The summed E-state index contributed by atoms with van der Waals surface area (Å²) in [5.41, 5.74) is 6.76. The van der Waals surface area contributed by atoms with Gasteiger partial charge in [0.15, 0.2) is 5.83 Å². The summed E-state index contributed by atoms with van der Waals surface area (Å²) in [6, 6.07) is 19.9. The Labute approximate surface area is 487 Å². The van der Waals surface area contributed by atoms with E-state index in [1.807, 2.05) is 87.8 Å². The number of carbonyl (C=O) groups excluding carboxylic acids is 4. The number of likely N-dealkylation sites (tertiary alicyclic amines) is 2. The SMILES string of the molecule is C=C(F)C(=O)N1CCN(c2nc(OCC3CCCN3CCOCCOCCC(=O)NC(C(=O)N3CC(O)CC3C(=O)NCc3ccc(-c4scnc4C)cc3)C(C)(C)C)nc3c2CCN(c2cccc4cccc(Cl)c24)C3)CC1CC#N. The van der Waals surface area contributed by atoms with Crippen molar-refractivity contribution >= 4 is 68.8 Å². The van der Waals surface area contributed by atoms with Gasteiger partial charge in [0.1, 0.15) is 24.5 Å². The number of nitrogens with one attached hydrogen (secondary N) is 2. The van der Waals surface area contributed by atoms with E-state index in [4.69, 9.17) is 35.8 Å². The lowest BCUT2D eigenvalue weighted by atomic mass is 9.85. The Hall–Kier alpha value is -6.80. The molecule has 4 amide bonds. The molecule has 5 aromatic rings. The molecule has 0 spiro atoms. The Morgan fingerprint density at radius 3 is 2.45 bits per heavy atom. The van der Waals surface area contributed by atoms with Gasteiger partial charge in [-0.15, -0.1) is 11.3 Å². The number of nitrogens with zero attached hydrogens (tertiary/aromatic N) is 9. The highest BCUT2D eigenvalue weighted by Crippen LogP contribution is 2.38. The molecule has 3 saturated heterocycles. The van der Waals surface area contributed by atoms with Crippen LogP contribution in [0.2, 0.25) is 5.02 Å². The molecule has 3 aromatic carbocycles. The lowest BCUT2D eigenvalue weighted by Crippen LogP contribution is -2.57. The molecule has 3 fully saturated rings. The molecular weight excluding hydrogens is 1090 g/mol. The number of aromatic nitrogens is 3. The number of amides is 4. The number of carbonyl (C=O) groups is 4. The van der Waals surface area contributed by atoms with Gasteiger partial charge >= 0.3 is 6.01 Å². The first-order valence-corrected chi connectivity index (χ1v) is 29.4. The largest absolute Gasteiger partial charge is 0.462 e. The maximum absolute atomic E-state index is 14.1. The minimum Gasteiger partial charge on any atom is -0.462 e. The molecule has 4 aliphatic heterocycles. The number of aliphatic hydroxyl groups is 1. The van der Waals surface area contributed by atoms with Crippen molar-refractivity contribution in [1.29, 1.82) is 5.26 Å². The van der Waals surface area contributed by atoms with Crippen molar-refractivity contribution in [1.82, 2.24) is 40.3 Å². The van der Waals surface area contributed by atoms with Gasteiger partial charge in [0.05, 0.1) is 84.4 Å². The number of piperazine rings is 1. The lowest BCUT2D eigenvalue weighted by molar-refractivity contribution is -0.144. The number of β-amino-alcohol motifs (C(OH)–C–C–N with tert-alkyl or cyclic N) is 1. The van der Waals surface area contributed by atoms with Gasteiger partial charge in [-0.1, -0.05) is 87.5 Å².